The number of hydrogen-bond acceptors (Lipinski definition) is 2. The molecule has 0 aromatic heterocycles. The molecular formula is C18H20N2O2. The molecule has 2 amide bonds. The molecule has 1 atom stereocenters. The first-order valence-electron chi connectivity index (χ1n) is 7.56. The summed E-state index contributed by atoms with van der Waals surface area (Å²) in [5, 5.41) is 2.74. The van der Waals surface area contributed by atoms with E-state index in [1.165, 1.54) is 0 Å². The Balaban J connectivity index is 2.22. The Morgan fingerprint density at radius 3 is 2.59 bits per heavy atom. The van der Waals surface area contributed by atoms with E-state index >= 15 is 0 Å². The lowest BCUT2D eigenvalue weighted by molar-refractivity contribution is 0.0638. The fourth-order valence-corrected chi connectivity index (χ4v) is 2.98. The van der Waals surface area contributed by atoms with Crippen molar-refractivity contribution in [2.75, 3.05) is 18.6 Å². The molecule has 0 bridgehead atoms. The number of nitrogens with one attached hydrogen (secondary N) is 1. The number of hydrogen-bond donors (Lipinski definition) is 1. The average Bonchev–Trinajstić information content (AvgIpc) is 2.69. The van der Waals surface area contributed by atoms with E-state index in [4.69, 9.17) is 4.74 Å². The molecule has 4 heteroatoms. The summed E-state index contributed by atoms with van der Waals surface area (Å²) in [6.07, 6.45) is 0.714. The minimum Gasteiger partial charge on any atom is -0.373 e. The van der Waals surface area contributed by atoms with Gasteiger partial charge < -0.3 is 10.1 Å². The van der Waals surface area contributed by atoms with Gasteiger partial charge in [-0.2, -0.15) is 0 Å². The Hall–Kier alpha value is -2.33. The SMILES string of the molecule is CCOC1Cc2ccccc2N(C(=O)NC)c2ccccc21. The molecule has 1 aliphatic heterocycles. The van der Waals surface area contributed by atoms with Gasteiger partial charge in [-0.1, -0.05) is 36.4 Å². The fourth-order valence-electron chi connectivity index (χ4n) is 2.98. The van der Waals surface area contributed by atoms with Gasteiger partial charge in [0.15, 0.2) is 0 Å². The number of carbonyl (C=O) groups excluding carboxylic acids is 1. The van der Waals surface area contributed by atoms with Gasteiger partial charge in [0.25, 0.3) is 0 Å². The third-order valence-electron chi connectivity index (χ3n) is 3.95. The number of nitrogens with zero attached hydrogens (tertiary/aromatic N) is 1. The highest BCUT2D eigenvalue weighted by atomic mass is 16.5. The van der Waals surface area contributed by atoms with Gasteiger partial charge in [-0.25, -0.2) is 4.79 Å². The zero-order valence-electron chi connectivity index (χ0n) is 12.9. The highest BCUT2D eigenvalue weighted by molar-refractivity contribution is 6.01. The second kappa shape index (κ2) is 6.20. The molecular weight excluding hydrogens is 276 g/mol. The van der Waals surface area contributed by atoms with E-state index in [2.05, 4.69) is 11.4 Å². The molecule has 2 aromatic carbocycles. The Morgan fingerprint density at radius 1 is 1.18 bits per heavy atom. The van der Waals surface area contributed by atoms with Crippen molar-refractivity contribution in [1.82, 2.24) is 5.32 Å². The van der Waals surface area contributed by atoms with E-state index < -0.39 is 0 Å². The maximum Gasteiger partial charge on any atom is 0.326 e. The Morgan fingerprint density at radius 2 is 1.86 bits per heavy atom. The number of amides is 2. The molecule has 1 unspecified atom stereocenters. The summed E-state index contributed by atoms with van der Waals surface area (Å²) in [7, 11) is 1.65. The van der Waals surface area contributed by atoms with Crippen LogP contribution in [0.5, 0.6) is 0 Å². The molecule has 1 N–H and O–H groups in total. The van der Waals surface area contributed by atoms with Crippen LogP contribution in [0.2, 0.25) is 0 Å². The van der Waals surface area contributed by atoms with E-state index in [0.29, 0.717) is 6.61 Å². The highest BCUT2D eigenvalue weighted by Gasteiger charge is 2.29. The van der Waals surface area contributed by atoms with Gasteiger partial charge in [0.1, 0.15) is 0 Å². The van der Waals surface area contributed by atoms with Gasteiger partial charge in [0.2, 0.25) is 0 Å². The van der Waals surface area contributed by atoms with Crippen molar-refractivity contribution in [2.24, 2.45) is 0 Å². The summed E-state index contributed by atoms with van der Waals surface area (Å²) < 4.78 is 5.95. The van der Waals surface area contributed by atoms with Crippen molar-refractivity contribution < 1.29 is 9.53 Å². The fraction of sp³-hybridized carbons (Fsp3) is 0.278. The van der Waals surface area contributed by atoms with Crippen LogP contribution in [0.3, 0.4) is 0 Å². The molecule has 4 nitrogen and oxygen atoms in total. The van der Waals surface area contributed by atoms with Gasteiger partial charge >= 0.3 is 6.03 Å². The molecule has 0 radical (unpaired) electrons. The van der Waals surface area contributed by atoms with Crippen molar-refractivity contribution in [3.63, 3.8) is 0 Å². The first kappa shape index (κ1) is 14.6. The number of para-hydroxylation sites is 2. The van der Waals surface area contributed by atoms with E-state index in [9.17, 15) is 4.79 Å². The predicted molar refractivity (Wildman–Crippen MR) is 87.5 cm³/mol. The smallest absolute Gasteiger partial charge is 0.326 e. The maximum atomic E-state index is 12.5. The molecule has 0 saturated heterocycles. The van der Waals surface area contributed by atoms with Crippen LogP contribution >= 0.6 is 0 Å². The van der Waals surface area contributed by atoms with Crippen molar-refractivity contribution >= 4 is 17.4 Å². The van der Waals surface area contributed by atoms with Crippen molar-refractivity contribution in [1.29, 1.82) is 0 Å². The minimum absolute atomic E-state index is 0.0444. The molecule has 22 heavy (non-hydrogen) atoms. The van der Waals surface area contributed by atoms with Crippen molar-refractivity contribution in [2.45, 2.75) is 19.4 Å². The Kier molecular flexibility index (Phi) is 4.11. The normalized spacial score (nSPS) is 16.5. The lowest BCUT2D eigenvalue weighted by Crippen LogP contribution is -2.35. The number of rotatable bonds is 2. The van der Waals surface area contributed by atoms with E-state index in [-0.39, 0.29) is 12.1 Å². The first-order valence-corrected chi connectivity index (χ1v) is 7.56. The summed E-state index contributed by atoms with van der Waals surface area (Å²) in [6, 6.07) is 15.8. The second-order valence-electron chi connectivity index (χ2n) is 5.23. The number of benzene rings is 2. The summed E-state index contributed by atoms with van der Waals surface area (Å²) in [6.45, 7) is 2.64. The minimum atomic E-state index is -0.142. The predicted octanol–water partition coefficient (Wildman–Crippen LogP) is 3.80. The van der Waals surface area contributed by atoms with Gasteiger partial charge in [0.05, 0.1) is 17.5 Å². The molecule has 0 fully saturated rings. The highest BCUT2D eigenvalue weighted by Crippen LogP contribution is 2.41. The molecule has 2 aromatic rings. The van der Waals surface area contributed by atoms with Crippen molar-refractivity contribution in [3.8, 4) is 0 Å². The quantitative estimate of drug-likeness (QED) is 0.916. The van der Waals surface area contributed by atoms with Crippen LogP contribution in [0, 0.1) is 0 Å². The number of fused-ring (bicyclic) bond motifs is 2. The largest absolute Gasteiger partial charge is 0.373 e. The van der Waals surface area contributed by atoms with Gasteiger partial charge in [-0.15, -0.1) is 0 Å². The average molecular weight is 296 g/mol. The van der Waals surface area contributed by atoms with Gasteiger partial charge in [-0.3, -0.25) is 4.90 Å². The van der Waals surface area contributed by atoms with Gasteiger partial charge in [-0.05, 0) is 24.6 Å². The maximum absolute atomic E-state index is 12.5. The molecule has 1 aliphatic rings. The van der Waals surface area contributed by atoms with Crippen LogP contribution in [0.1, 0.15) is 24.2 Å². The number of anilines is 2. The summed E-state index contributed by atoms with van der Waals surface area (Å²) in [5.41, 5.74) is 3.95. The van der Waals surface area contributed by atoms with Crippen LogP contribution in [0.4, 0.5) is 16.2 Å². The number of carbonyl (C=O) groups is 1. The van der Waals surface area contributed by atoms with E-state index in [0.717, 1.165) is 28.9 Å². The van der Waals surface area contributed by atoms with E-state index in [1.807, 2.05) is 49.4 Å². The summed E-state index contributed by atoms with van der Waals surface area (Å²) in [4.78, 5) is 14.2. The molecule has 0 spiro atoms. The van der Waals surface area contributed by atoms with Crippen LogP contribution in [0.25, 0.3) is 0 Å². The van der Waals surface area contributed by atoms with Crippen molar-refractivity contribution in [3.05, 3.63) is 59.7 Å². The number of urea groups is 1. The van der Waals surface area contributed by atoms with E-state index in [1.54, 1.807) is 11.9 Å². The van der Waals surface area contributed by atoms with Crippen LogP contribution in [-0.2, 0) is 11.2 Å². The third-order valence-corrected chi connectivity index (χ3v) is 3.95. The molecule has 114 valence electrons. The second-order valence-corrected chi connectivity index (χ2v) is 5.23. The van der Waals surface area contributed by atoms with Crippen LogP contribution in [-0.4, -0.2) is 19.7 Å². The molecule has 1 heterocycles. The topological polar surface area (TPSA) is 41.6 Å². The standard InChI is InChI=1S/C18H20N2O2/c1-3-22-17-12-13-8-4-6-10-15(13)20(18(21)19-2)16-11-7-5-9-14(16)17/h4-11,17H,3,12H2,1-2H3,(H,19,21). The third kappa shape index (κ3) is 2.46. The zero-order chi connectivity index (χ0) is 15.5. The summed E-state index contributed by atoms with van der Waals surface area (Å²) >= 11 is 0. The summed E-state index contributed by atoms with van der Waals surface area (Å²) in [5.74, 6) is 0. The monoisotopic (exact) mass is 296 g/mol. The first-order chi connectivity index (χ1) is 10.8. The number of ether oxygens (including phenoxy) is 1. The van der Waals surface area contributed by atoms with Gasteiger partial charge in [0, 0.05) is 25.6 Å². The van der Waals surface area contributed by atoms with Crippen LogP contribution < -0.4 is 10.2 Å². The molecule has 3 rings (SSSR count). The van der Waals surface area contributed by atoms with Crippen LogP contribution in [0.15, 0.2) is 48.5 Å². The zero-order valence-corrected chi connectivity index (χ0v) is 12.9. The molecule has 0 saturated carbocycles. The lowest BCUT2D eigenvalue weighted by atomic mass is 10.0. The lowest BCUT2D eigenvalue weighted by Gasteiger charge is -2.24. The Bertz CT molecular complexity index is 684. The Labute approximate surface area is 130 Å². The molecule has 0 aliphatic carbocycles.